The van der Waals surface area contributed by atoms with E-state index < -0.39 is 9.05 Å². The van der Waals surface area contributed by atoms with Gasteiger partial charge in [0.2, 0.25) is 0 Å². The van der Waals surface area contributed by atoms with Crippen molar-refractivity contribution in [3.63, 3.8) is 0 Å². The van der Waals surface area contributed by atoms with E-state index >= 15 is 0 Å². The summed E-state index contributed by atoms with van der Waals surface area (Å²) in [5, 5.41) is 7.28. The molecular weight excluding hydrogens is 290 g/mol. The van der Waals surface area contributed by atoms with Crippen molar-refractivity contribution in [3.8, 4) is 11.4 Å². The lowest BCUT2D eigenvalue weighted by Gasteiger charge is -2.08. The Hall–Kier alpha value is -1.44. The summed E-state index contributed by atoms with van der Waals surface area (Å²) in [5.41, 5.74) is 0.762. The van der Waals surface area contributed by atoms with E-state index in [0.29, 0.717) is 19.0 Å². The minimum absolute atomic E-state index is 0.273. The summed E-state index contributed by atoms with van der Waals surface area (Å²) in [6.45, 7) is 0.631. The summed E-state index contributed by atoms with van der Waals surface area (Å²) >= 11 is 0. The second kappa shape index (κ2) is 5.68. The second-order valence-electron chi connectivity index (χ2n) is 3.75. The van der Waals surface area contributed by atoms with Gasteiger partial charge >= 0.3 is 0 Å². The molecule has 0 saturated carbocycles. The van der Waals surface area contributed by atoms with E-state index in [1.807, 2.05) is 30.3 Å². The normalized spacial score (nSPS) is 11.7. The molecule has 0 amide bonds. The Kier molecular flexibility index (Phi) is 4.18. The molecule has 0 N–H and O–H groups in total. The number of rotatable bonds is 5. The van der Waals surface area contributed by atoms with Crippen molar-refractivity contribution in [2.45, 2.75) is 11.7 Å². The quantitative estimate of drug-likeness (QED) is 0.783. The highest BCUT2D eigenvalue weighted by Crippen LogP contribution is 2.22. The first kappa shape index (κ1) is 14.0. The largest absolute Gasteiger partial charge is 0.383 e. The number of methoxy groups -OCH3 is 1. The van der Waals surface area contributed by atoms with Crippen molar-refractivity contribution in [1.29, 1.82) is 0 Å². The van der Waals surface area contributed by atoms with Crippen LogP contribution in [-0.2, 0) is 20.3 Å². The molecule has 0 unspecified atom stereocenters. The Balaban J connectivity index is 2.53. The van der Waals surface area contributed by atoms with Gasteiger partial charge in [-0.2, -0.15) is 0 Å². The molecule has 0 radical (unpaired) electrons. The second-order valence-corrected chi connectivity index (χ2v) is 6.21. The molecule has 19 heavy (non-hydrogen) atoms. The zero-order valence-corrected chi connectivity index (χ0v) is 11.7. The van der Waals surface area contributed by atoms with Crippen LogP contribution in [0.15, 0.2) is 35.5 Å². The molecule has 102 valence electrons. The number of aromatic nitrogens is 3. The fourth-order valence-electron chi connectivity index (χ4n) is 1.65. The SMILES string of the molecule is COCCn1c(-c2ccccc2)nnc1S(=O)(=O)Cl. The minimum atomic E-state index is -3.95. The molecule has 0 spiro atoms. The first-order valence-corrected chi connectivity index (χ1v) is 7.77. The fraction of sp³-hybridized carbons (Fsp3) is 0.273. The van der Waals surface area contributed by atoms with E-state index in [4.69, 9.17) is 15.4 Å². The fourth-order valence-corrected chi connectivity index (χ4v) is 2.58. The summed E-state index contributed by atoms with van der Waals surface area (Å²) in [5.74, 6) is 0.442. The average Bonchev–Trinajstić information content (AvgIpc) is 2.81. The number of ether oxygens (including phenoxy) is 1. The summed E-state index contributed by atoms with van der Waals surface area (Å²) in [6.07, 6.45) is 0. The van der Waals surface area contributed by atoms with Crippen LogP contribution in [0.1, 0.15) is 0 Å². The van der Waals surface area contributed by atoms with Crippen LogP contribution >= 0.6 is 10.7 Å². The summed E-state index contributed by atoms with van der Waals surface area (Å²) < 4.78 is 29.3. The maximum Gasteiger partial charge on any atom is 0.296 e. The van der Waals surface area contributed by atoms with Crippen LogP contribution < -0.4 is 0 Å². The molecule has 1 heterocycles. The molecule has 0 aliphatic heterocycles. The van der Waals surface area contributed by atoms with Gasteiger partial charge in [0.15, 0.2) is 5.82 Å². The van der Waals surface area contributed by atoms with E-state index in [2.05, 4.69) is 10.2 Å². The highest BCUT2D eigenvalue weighted by Gasteiger charge is 2.22. The minimum Gasteiger partial charge on any atom is -0.383 e. The zero-order valence-electron chi connectivity index (χ0n) is 10.2. The van der Waals surface area contributed by atoms with Gasteiger partial charge in [-0.3, -0.25) is 4.57 Å². The Labute approximate surface area is 115 Å². The molecule has 0 saturated heterocycles. The zero-order chi connectivity index (χ0) is 13.9. The van der Waals surface area contributed by atoms with Gasteiger partial charge in [0.25, 0.3) is 14.2 Å². The Morgan fingerprint density at radius 2 is 1.95 bits per heavy atom. The molecule has 1 aromatic heterocycles. The van der Waals surface area contributed by atoms with Crippen molar-refractivity contribution < 1.29 is 13.2 Å². The third kappa shape index (κ3) is 3.12. The van der Waals surface area contributed by atoms with Crippen LogP contribution in [-0.4, -0.2) is 36.9 Å². The molecule has 1 aromatic carbocycles. The number of nitrogens with zero attached hydrogens (tertiary/aromatic N) is 3. The number of benzene rings is 1. The van der Waals surface area contributed by atoms with Crippen LogP contribution in [0, 0.1) is 0 Å². The first-order chi connectivity index (χ1) is 9.04. The Morgan fingerprint density at radius 1 is 1.26 bits per heavy atom. The first-order valence-electron chi connectivity index (χ1n) is 5.46. The molecule has 6 nitrogen and oxygen atoms in total. The van der Waals surface area contributed by atoms with E-state index in [1.54, 1.807) is 0 Å². The molecule has 8 heteroatoms. The highest BCUT2D eigenvalue weighted by atomic mass is 35.7. The topological polar surface area (TPSA) is 74.1 Å². The lowest BCUT2D eigenvalue weighted by Crippen LogP contribution is -2.11. The summed E-state index contributed by atoms with van der Waals surface area (Å²) in [6, 6.07) is 9.16. The standard InChI is InChI=1S/C11H12ClN3O3S/c1-18-8-7-15-10(9-5-3-2-4-6-9)13-14-11(15)19(12,16)17/h2-6H,7-8H2,1H3. The van der Waals surface area contributed by atoms with Gasteiger partial charge in [0.1, 0.15) is 0 Å². The maximum absolute atomic E-state index is 11.5. The van der Waals surface area contributed by atoms with Crippen LogP contribution in [0.25, 0.3) is 11.4 Å². The van der Waals surface area contributed by atoms with Gasteiger partial charge < -0.3 is 4.74 Å². The van der Waals surface area contributed by atoms with E-state index in [0.717, 1.165) is 5.56 Å². The van der Waals surface area contributed by atoms with Crippen molar-refractivity contribution in [1.82, 2.24) is 14.8 Å². The van der Waals surface area contributed by atoms with E-state index in [9.17, 15) is 8.42 Å². The smallest absolute Gasteiger partial charge is 0.296 e. The third-order valence-corrected chi connectivity index (χ3v) is 3.64. The van der Waals surface area contributed by atoms with Crippen molar-refractivity contribution in [3.05, 3.63) is 30.3 Å². The predicted octanol–water partition coefficient (Wildman–Crippen LogP) is 1.52. The van der Waals surface area contributed by atoms with Crippen LogP contribution in [0.4, 0.5) is 0 Å². The molecular formula is C11H12ClN3O3S. The number of halogens is 1. The highest BCUT2D eigenvalue weighted by molar-refractivity contribution is 8.13. The Bertz CT molecular complexity index is 655. The van der Waals surface area contributed by atoms with Gasteiger partial charge in [0.05, 0.1) is 13.2 Å². The molecule has 2 aromatic rings. The lowest BCUT2D eigenvalue weighted by atomic mass is 10.2. The lowest BCUT2D eigenvalue weighted by molar-refractivity contribution is 0.185. The molecule has 0 bridgehead atoms. The van der Waals surface area contributed by atoms with Gasteiger partial charge in [-0.15, -0.1) is 10.2 Å². The van der Waals surface area contributed by atoms with Crippen LogP contribution in [0.3, 0.4) is 0 Å². The van der Waals surface area contributed by atoms with Gasteiger partial charge in [0, 0.05) is 23.4 Å². The molecule has 0 fully saturated rings. The van der Waals surface area contributed by atoms with Crippen LogP contribution in [0.5, 0.6) is 0 Å². The third-order valence-electron chi connectivity index (χ3n) is 2.49. The van der Waals surface area contributed by atoms with Crippen LogP contribution in [0.2, 0.25) is 0 Å². The molecule has 0 atom stereocenters. The van der Waals surface area contributed by atoms with Gasteiger partial charge in [-0.25, -0.2) is 8.42 Å². The van der Waals surface area contributed by atoms with Crippen molar-refractivity contribution in [2.24, 2.45) is 0 Å². The summed E-state index contributed by atoms with van der Waals surface area (Å²) in [4.78, 5) is 0. The van der Waals surface area contributed by atoms with Gasteiger partial charge in [-0.1, -0.05) is 30.3 Å². The van der Waals surface area contributed by atoms with E-state index in [1.165, 1.54) is 11.7 Å². The predicted molar refractivity (Wildman–Crippen MR) is 70.4 cm³/mol. The summed E-state index contributed by atoms with van der Waals surface area (Å²) in [7, 11) is 2.94. The number of hydrogen-bond acceptors (Lipinski definition) is 5. The molecule has 2 rings (SSSR count). The average molecular weight is 302 g/mol. The Morgan fingerprint density at radius 3 is 2.53 bits per heavy atom. The van der Waals surface area contributed by atoms with Crippen molar-refractivity contribution in [2.75, 3.05) is 13.7 Å². The van der Waals surface area contributed by atoms with Crippen molar-refractivity contribution >= 4 is 19.7 Å². The molecule has 0 aliphatic carbocycles. The monoisotopic (exact) mass is 301 g/mol. The number of hydrogen-bond donors (Lipinski definition) is 0. The molecule has 0 aliphatic rings. The maximum atomic E-state index is 11.5. The van der Waals surface area contributed by atoms with Gasteiger partial charge in [-0.05, 0) is 0 Å². The van der Waals surface area contributed by atoms with E-state index in [-0.39, 0.29) is 5.16 Å².